The van der Waals surface area contributed by atoms with E-state index in [0.717, 1.165) is 4.47 Å². The van der Waals surface area contributed by atoms with E-state index in [2.05, 4.69) is 15.9 Å². The topological polar surface area (TPSA) is 87.1 Å². The maximum Gasteiger partial charge on any atom is 0.295 e. The minimum atomic E-state index is -0.763. The molecule has 1 aliphatic rings. The number of aliphatic hydroxyl groups is 2. The lowest BCUT2D eigenvalue weighted by Crippen LogP contribution is -2.33. The van der Waals surface area contributed by atoms with E-state index in [1.165, 1.54) is 4.90 Å². The molecule has 6 nitrogen and oxygen atoms in total. The zero-order chi connectivity index (χ0) is 21.0. The third-order valence-corrected chi connectivity index (χ3v) is 5.28. The summed E-state index contributed by atoms with van der Waals surface area (Å²) < 4.78 is 6.05. The van der Waals surface area contributed by atoms with Gasteiger partial charge in [0.15, 0.2) is 0 Å². The number of carbonyl (C=O) groups is 2. The first-order chi connectivity index (χ1) is 13.9. The average Bonchev–Trinajstić information content (AvgIpc) is 2.96. The molecule has 0 aromatic heterocycles. The lowest BCUT2D eigenvalue weighted by molar-refractivity contribution is -0.140. The number of ether oxygens (including phenoxy) is 1. The van der Waals surface area contributed by atoms with Gasteiger partial charge in [0.05, 0.1) is 31.4 Å². The Labute approximate surface area is 181 Å². The monoisotopic (exact) mass is 479 g/mol. The Morgan fingerprint density at radius 3 is 2.52 bits per heavy atom. The number of Topliss-reactive ketones (excluding diaryl/α,β-unsaturated/α-hetero) is 1. The van der Waals surface area contributed by atoms with Crippen molar-refractivity contribution in [2.45, 2.75) is 6.04 Å². The van der Waals surface area contributed by atoms with E-state index in [-0.39, 0.29) is 37.7 Å². The van der Waals surface area contributed by atoms with Gasteiger partial charge >= 0.3 is 0 Å². The molecule has 0 saturated carbocycles. The Hall–Kier alpha value is -2.19. The molecule has 3 rings (SSSR count). The molecule has 1 heterocycles. The van der Waals surface area contributed by atoms with Crippen molar-refractivity contribution in [3.05, 3.63) is 74.7 Å². The number of benzene rings is 2. The van der Waals surface area contributed by atoms with E-state index in [1.54, 1.807) is 42.5 Å². The maximum absolute atomic E-state index is 12.8. The van der Waals surface area contributed by atoms with Gasteiger partial charge in [-0.05, 0) is 42.0 Å². The van der Waals surface area contributed by atoms with Crippen LogP contribution in [-0.4, -0.2) is 53.2 Å². The lowest BCUT2D eigenvalue weighted by atomic mass is 9.95. The highest BCUT2D eigenvalue weighted by Gasteiger charge is 2.45. The van der Waals surface area contributed by atoms with Gasteiger partial charge in [-0.25, -0.2) is 0 Å². The summed E-state index contributed by atoms with van der Waals surface area (Å²) in [6.07, 6.45) is 0. The van der Waals surface area contributed by atoms with Crippen LogP contribution < -0.4 is 0 Å². The van der Waals surface area contributed by atoms with E-state index in [1.807, 2.05) is 6.07 Å². The van der Waals surface area contributed by atoms with Gasteiger partial charge < -0.3 is 19.8 Å². The van der Waals surface area contributed by atoms with Gasteiger partial charge in [0.2, 0.25) is 0 Å². The normalized spacial score (nSPS) is 18.4. The van der Waals surface area contributed by atoms with Gasteiger partial charge in [0.25, 0.3) is 11.7 Å². The van der Waals surface area contributed by atoms with Crippen LogP contribution in [0.1, 0.15) is 17.2 Å². The number of likely N-dealkylation sites (tertiary alicyclic amines) is 1. The Morgan fingerprint density at radius 2 is 1.86 bits per heavy atom. The fourth-order valence-corrected chi connectivity index (χ4v) is 3.77. The molecule has 0 aliphatic carbocycles. The smallest absolute Gasteiger partial charge is 0.295 e. The fourth-order valence-electron chi connectivity index (χ4n) is 3.23. The number of rotatable bonds is 7. The molecule has 0 radical (unpaired) electrons. The highest BCUT2D eigenvalue weighted by molar-refractivity contribution is 9.10. The molecular weight excluding hydrogens is 462 g/mol. The molecule has 1 unspecified atom stereocenters. The second kappa shape index (κ2) is 9.54. The van der Waals surface area contributed by atoms with E-state index >= 15 is 0 Å². The van der Waals surface area contributed by atoms with Gasteiger partial charge in [-0.2, -0.15) is 0 Å². The molecule has 0 bridgehead atoms. The van der Waals surface area contributed by atoms with Crippen molar-refractivity contribution in [2.24, 2.45) is 0 Å². The van der Waals surface area contributed by atoms with Crippen LogP contribution in [0.3, 0.4) is 0 Å². The van der Waals surface area contributed by atoms with Crippen LogP contribution in [0.5, 0.6) is 0 Å². The Bertz CT molecular complexity index is 944. The van der Waals surface area contributed by atoms with Crippen molar-refractivity contribution >= 4 is 45.0 Å². The van der Waals surface area contributed by atoms with E-state index in [0.29, 0.717) is 16.1 Å². The number of hydrogen-bond donors (Lipinski definition) is 2. The van der Waals surface area contributed by atoms with Gasteiger partial charge in [0, 0.05) is 21.6 Å². The second-order valence-electron chi connectivity index (χ2n) is 6.39. The third kappa shape index (κ3) is 4.70. The van der Waals surface area contributed by atoms with Crippen LogP contribution in [-0.2, 0) is 14.3 Å². The van der Waals surface area contributed by atoms with Crippen LogP contribution in [0.15, 0.2) is 58.6 Å². The SMILES string of the molecule is O=C1C(=O)N(CCOCCO)C(c2cccc(Br)c2)C1=C(O)c1ccc(Cl)cc1. The number of carbonyl (C=O) groups excluding carboxylic acids is 2. The molecule has 0 spiro atoms. The van der Waals surface area contributed by atoms with Gasteiger partial charge in [-0.1, -0.05) is 39.7 Å². The minimum Gasteiger partial charge on any atom is -0.507 e. The van der Waals surface area contributed by atoms with E-state index in [4.69, 9.17) is 21.4 Å². The fraction of sp³-hybridized carbons (Fsp3) is 0.238. The summed E-state index contributed by atoms with van der Waals surface area (Å²) in [5.41, 5.74) is 1.08. The van der Waals surface area contributed by atoms with Crippen molar-refractivity contribution < 1.29 is 24.5 Å². The van der Waals surface area contributed by atoms with Crippen molar-refractivity contribution in [2.75, 3.05) is 26.4 Å². The molecule has 1 aliphatic heterocycles. The summed E-state index contributed by atoms with van der Waals surface area (Å²) in [6.45, 7) is 0.291. The molecule has 29 heavy (non-hydrogen) atoms. The molecule has 8 heteroatoms. The molecule has 2 N–H and O–H groups in total. The first-order valence-electron chi connectivity index (χ1n) is 8.92. The van der Waals surface area contributed by atoms with E-state index < -0.39 is 17.7 Å². The number of aliphatic hydroxyl groups excluding tert-OH is 2. The van der Waals surface area contributed by atoms with Crippen LogP contribution >= 0.6 is 27.5 Å². The van der Waals surface area contributed by atoms with Crippen molar-refractivity contribution in [1.82, 2.24) is 4.90 Å². The second-order valence-corrected chi connectivity index (χ2v) is 7.74. The molecular formula is C21H19BrClNO5. The number of hydrogen-bond acceptors (Lipinski definition) is 5. The van der Waals surface area contributed by atoms with Crippen LogP contribution in [0.4, 0.5) is 0 Å². The van der Waals surface area contributed by atoms with Crippen molar-refractivity contribution in [3.63, 3.8) is 0 Å². The molecule has 1 atom stereocenters. The number of ketones is 1. The summed E-state index contributed by atoms with van der Waals surface area (Å²) in [7, 11) is 0. The first-order valence-corrected chi connectivity index (χ1v) is 10.1. The highest BCUT2D eigenvalue weighted by Crippen LogP contribution is 2.39. The van der Waals surface area contributed by atoms with Crippen LogP contribution in [0, 0.1) is 0 Å². The largest absolute Gasteiger partial charge is 0.507 e. The van der Waals surface area contributed by atoms with Gasteiger partial charge in [0.1, 0.15) is 5.76 Å². The molecule has 2 aromatic rings. The molecule has 2 aromatic carbocycles. The first kappa shape index (κ1) is 21.5. The van der Waals surface area contributed by atoms with Crippen molar-refractivity contribution in [1.29, 1.82) is 0 Å². The molecule has 152 valence electrons. The molecule has 1 saturated heterocycles. The van der Waals surface area contributed by atoms with Crippen LogP contribution in [0.25, 0.3) is 5.76 Å². The quantitative estimate of drug-likeness (QED) is 0.274. The highest BCUT2D eigenvalue weighted by atomic mass is 79.9. The number of nitrogens with zero attached hydrogens (tertiary/aromatic N) is 1. The van der Waals surface area contributed by atoms with Gasteiger partial charge in [-0.3, -0.25) is 9.59 Å². The standard InChI is InChI=1S/C21H19BrClNO5/c22-15-3-1-2-14(12-15)18-17(19(26)13-4-6-16(23)7-5-13)20(27)21(28)24(18)8-10-29-11-9-25/h1-7,12,18,25-26H,8-11H2. The Morgan fingerprint density at radius 1 is 1.14 bits per heavy atom. The predicted molar refractivity (Wildman–Crippen MR) is 113 cm³/mol. The summed E-state index contributed by atoms with van der Waals surface area (Å²) in [5, 5.41) is 20.2. The van der Waals surface area contributed by atoms with Crippen molar-refractivity contribution in [3.8, 4) is 0 Å². The van der Waals surface area contributed by atoms with Gasteiger partial charge in [-0.15, -0.1) is 0 Å². The molecule has 1 amide bonds. The summed E-state index contributed by atoms with van der Waals surface area (Å²) in [5.74, 6) is -1.73. The number of amides is 1. The Balaban J connectivity index is 2.07. The summed E-state index contributed by atoms with van der Waals surface area (Å²) in [4.78, 5) is 26.9. The zero-order valence-electron chi connectivity index (χ0n) is 15.3. The zero-order valence-corrected chi connectivity index (χ0v) is 17.7. The predicted octanol–water partition coefficient (Wildman–Crippen LogP) is 3.53. The summed E-state index contributed by atoms with van der Waals surface area (Å²) in [6, 6.07) is 12.8. The lowest BCUT2D eigenvalue weighted by Gasteiger charge is -2.25. The average molecular weight is 481 g/mol. The number of halogens is 2. The minimum absolute atomic E-state index is 0.0116. The van der Waals surface area contributed by atoms with Crippen LogP contribution in [0.2, 0.25) is 5.02 Å². The molecule has 1 fully saturated rings. The Kier molecular flexibility index (Phi) is 7.08. The maximum atomic E-state index is 12.8. The van der Waals surface area contributed by atoms with E-state index in [9.17, 15) is 14.7 Å². The summed E-state index contributed by atoms with van der Waals surface area (Å²) >= 11 is 9.32. The third-order valence-electron chi connectivity index (χ3n) is 4.53.